The number of benzene rings is 1. The SMILES string of the molecule is NCCCCCC(=O)O[C@@H](Cn1c(-c2ccc(Cl)cc2)nn(Cc2nc(C(N)=O)n[nH]2)c1=O)C(F)(F)F. The number of aromatic nitrogens is 6. The minimum Gasteiger partial charge on any atom is -0.451 e. The Morgan fingerprint density at radius 1 is 1.16 bits per heavy atom. The zero-order chi connectivity index (χ0) is 27.2. The van der Waals surface area contributed by atoms with Gasteiger partial charge in [0.25, 0.3) is 5.91 Å². The number of halogens is 4. The first-order valence-corrected chi connectivity index (χ1v) is 11.5. The van der Waals surface area contributed by atoms with Crippen molar-refractivity contribution in [3.05, 3.63) is 51.4 Å². The highest BCUT2D eigenvalue weighted by Gasteiger charge is 2.44. The van der Waals surface area contributed by atoms with Crippen molar-refractivity contribution < 1.29 is 27.5 Å². The fourth-order valence-corrected chi connectivity index (χ4v) is 3.45. The third kappa shape index (κ3) is 7.39. The lowest BCUT2D eigenvalue weighted by Crippen LogP contribution is -2.40. The summed E-state index contributed by atoms with van der Waals surface area (Å²) in [4.78, 5) is 40.3. The van der Waals surface area contributed by atoms with Gasteiger partial charge in [0.1, 0.15) is 12.4 Å². The van der Waals surface area contributed by atoms with E-state index in [4.69, 9.17) is 27.8 Å². The van der Waals surface area contributed by atoms with Crippen LogP contribution in [0, 0.1) is 0 Å². The molecule has 5 N–H and O–H groups in total. The Morgan fingerprint density at radius 2 is 1.86 bits per heavy atom. The third-order valence-electron chi connectivity index (χ3n) is 5.15. The Kier molecular flexibility index (Phi) is 9.04. The monoisotopic (exact) mass is 544 g/mol. The number of H-pyrrole nitrogens is 1. The number of hydrogen-bond donors (Lipinski definition) is 3. The van der Waals surface area contributed by atoms with Gasteiger partial charge < -0.3 is 16.2 Å². The number of alkyl halides is 3. The molecule has 3 aromatic rings. The summed E-state index contributed by atoms with van der Waals surface area (Å²) in [6.07, 6.45) is -6.29. The number of carbonyl (C=O) groups excluding carboxylic acids is 2. The van der Waals surface area contributed by atoms with E-state index in [1.54, 1.807) is 0 Å². The number of ether oxygens (including phenoxy) is 1. The zero-order valence-electron chi connectivity index (χ0n) is 19.4. The van der Waals surface area contributed by atoms with Crippen LogP contribution in [0.3, 0.4) is 0 Å². The van der Waals surface area contributed by atoms with Gasteiger partial charge in [0.2, 0.25) is 11.9 Å². The van der Waals surface area contributed by atoms with Crippen LogP contribution in [-0.2, 0) is 22.6 Å². The van der Waals surface area contributed by atoms with E-state index in [0.29, 0.717) is 30.8 Å². The van der Waals surface area contributed by atoms with Gasteiger partial charge in [-0.25, -0.2) is 14.5 Å². The van der Waals surface area contributed by atoms with Crippen LogP contribution in [0.1, 0.15) is 42.1 Å². The number of nitrogens with one attached hydrogen (secondary N) is 1. The lowest BCUT2D eigenvalue weighted by molar-refractivity contribution is -0.224. The number of nitrogens with two attached hydrogens (primary N) is 2. The van der Waals surface area contributed by atoms with Crippen LogP contribution in [0.5, 0.6) is 0 Å². The number of hydrogen-bond acceptors (Lipinski definition) is 8. The summed E-state index contributed by atoms with van der Waals surface area (Å²) in [7, 11) is 0. The predicted octanol–water partition coefficient (Wildman–Crippen LogP) is 1.62. The molecule has 0 spiro atoms. The fraction of sp³-hybridized carbons (Fsp3) is 0.429. The van der Waals surface area contributed by atoms with Gasteiger partial charge in [-0.05, 0) is 43.7 Å². The van der Waals surface area contributed by atoms with E-state index in [0.717, 1.165) is 9.25 Å². The molecule has 0 saturated carbocycles. The summed E-state index contributed by atoms with van der Waals surface area (Å²) >= 11 is 5.91. The van der Waals surface area contributed by atoms with Crippen molar-refractivity contribution in [1.29, 1.82) is 0 Å². The second-order valence-corrected chi connectivity index (χ2v) is 8.41. The molecule has 37 heavy (non-hydrogen) atoms. The molecule has 0 aliphatic carbocycles. The van der Waals surface area contributed by atoms with Crippen LogP contribution < -0.4 is 17.2 Å². The molecule has 1 amide bonds. The molecule has 1 atom stereocenters. The lowest BCUT2D eigenvalue weighted by Gasteiger charge is -2.21. The number of aromatic amines is 1. The Balaban J connectivity index is 1.94. The van der Waals surface area contributed by atoms with E-state index in [1.807, 2.05) is 0 Å². The summed E-state index contributed by atoms with van der Waals surface area (Å²) in [5, 5.41) is 10.5. The highest BCUT2D eigenvalue weighted by atomic mass is 35.5. The number of unbranched alkanes of at least 4 members (excludes halogenated alkanes) is 2. The van der Waals surface area contributed by atoms with E-state index in [-0.39, 0.29) is 36.0 Å². The molecule has 0 fully saturated rings. The minimum atomic E-state index is -4.97. The van der Waals surface area contributed by atoms with Crippen molar-refractivity contribution in [3.63, 3.8) is 0 Å². The number of amides is 1. The molecule has 16 heteroatoms. The molecule has 3 rings (SSSR count). The van der Waals surface area contributed by atoms with Crippen LogP contribution >= 0.6 is 11.6 Å². The van der Waals surface area contributed by atoms with Gasteiger partial charge in [0.05, 0.1) is 6.54 Å². The van der Waals surface area contributed by atoms with Gasteiger partial charge in [-0.15, -0.1) is 10.2 Å². The normalized spacial score (nSPS) is 12.5. The third-order valence-corrected chi connectivity index (χ3v) is 5.40. The van der Waals surface area contributed by atoms with Crippen molar-refractivity contribution in [2.75, 3.05) is 6.54 Å². The summed E-state index contributed by atoms with van der Waals surface area (Å²) in [6, 6.07) is 5.89. The van der Waals surface area contributed by atoms with Gasteiger partial charge >= 0.3 is 17.8 Å². The van der Waals surface area contributed by atoms with E-state index >= 15 is 0 Å². The van der Waals surface area contributed by atoms with Crippen molar-refractivity contribution >= 4 is 23.5 Å². The van der Waals surface area contributed by atoms with Gasteiger partial charge in [-0.2, -0.15) is 13.2 Å². The summed E-state index contributed by atoms with van der Waals surface area (Å²) in [5.41, 5.74) is 9.82. The molecule has 0 aliphatic rings. The summed E-state index contributed by atoms with van der Waals surface area (Å²) in [5.74, 6) is -2.42. The van der Waals surface area contributed by atoms with Crippen LogP contribution in [0.4, 0.5) is 13.2 Å². The average molecular weight is 545 g/mol. The Bertz CT molecular complexity index is 1290. The van der Waals surface area contributed by atoms with Crippen LogP contribution in [-0.4, -0.2) is 60.2 Å². The van der Waals surface area contributed by atoms with Crippen LogP contribution in [0.15, 0.2) is 29.1 Å². The summed E-state index contributed by atoms with van der Waals surface area (Å²) in [6.45, 7) is -0.999. The van der Waals surface area contributed by atoms with Crippen molar-refractivity contribution in [2.45, 2.75) is 51.1 Å². The molecule has 1 aromatic carbocycles. The molecular formula is C21H24ClF3N8O4. The van der Waals surface area contributed by atoms with Gasteiger partial charge in [-0.3, -0.25) is 19.3 Å². The van der Waals surface area contributed by atoms with Gasteiger partial charge in [0, 0.05) is 17.0 Å². The second kappa shape index (κ2) is 12.0. The van der Waals surface area contributed by atoms with Gasteiger partial charge in [0.15, 0.2) is 5.82 Å². The first-order valence-electron chi connectivity index (χ1n) is 11.1. The zero-order valence-corrected chi connectivity index (χ0v) is 20.1. The number of nitrogens with zero attached hydrogens (tertiary/aromatic N) is 5. The van der Waals surface area contributed by atoms with E-state index < -0.39 is 36.4 Å². The smallest absolute Gasteiger partial charge is 0.427 e. The molecule has 0 saturated heterocycles. The lowest BCUT2D eigenvalue weighted by atomic mass is 10.2. The Morgan fingerprint density at radius 3 is 2.46 bits per heavy atom. The quantitative estimate of drug-likeness (QED) is 0.227. The largest absolute Gasteiger partial charge is 0.451 e. The molecule has 12 nitrogen and oxygen atoms in total. The van der Waals surface area contributed by atoms with E-state index in [1.165, 1.54) is 24.3 Å². The number of esters is 1. The highest BCUT2D eigenvalue weighted by molar-refractivity contribution is 6.30. The molecular weight excluding hydrogens is 521 g/mol. The maximum atomic E-state index is 13.8. The second-order valence-electron chi connectivity index (χ2n) is 7.97. The molecule has 0 aliphatic heterocycles. The molecule has 2 heterocycles. The fourth-order valence-electron chi connectivity index (χ4n) is 3.32. The molecule has 0 bridgehead atoms. The first kappa shape index (κ1) is 27.9. The number of carbonyl (C=O) groups is 2. The maximum absolute atomic E-state index is 13.8. The minimum absolute atomic E-state index is 0.0134. The van der Waals surface area contributed by atoms with Crippen molar-refractivity contribution in [3.8, 4) is 11.4 Å². The van der Waals surface area contributed by atoms with E-state index in [9.17, 15) is 27.6 Å². The molecule has 2 aromatic heterocycles. The topological polar surface area (TPSA) is 177 Å². The van der Waals surface area contributed by atoms with Crippen LogP contribution in [0.2, 0.25) is 5.02 Å². The molecule has 0 unspecified atom stereocenters. The van der Waals surface area contributed by atoms with Crippen molar-refractivity contribution in [1.82, 2.24) is 29.5 Å². The predicted molar refractivity (Wildman–Crippen MR) is 124 cm³/mol. The van der Waals surface area contributed by atoms with Crippen molar-refractivity contribution in [2.24, 2.45) is 11.5 Å². The molecule has 0 radical (unpaired) electrons. The van der Waals surface area contributed by atoms with Crippen LogP contribution in [0.25, 0.3) is 11.4 Å². The maximum Gasteiger partial charge on any atom is 0.427 e. The summed E-state index contributed by atoms with van der Waals surface area (Å²) < 4.78 is 47.8. The van der Waals surface area contributed by atoms with E-state index in [2.05, 4.69) is 20.3 Å². The number of rotatable bonds is 12. The average Bonchev–Trinajstić information content (AvgIpc) is 3.42. The standard InChI is InChI=1S/C21H24ClF3N8O4/c22-13-7-5-12(6-8-13)19-31-33(11-15-28-18(17(27)35)30-29-15)20(36)32(19)10-14(21(23,24)25)37-16(34)4-2-1-3-9-26/h5-8,14H,1-4,9-11,26H2,(H2,27,35)(H,28,29,30)/t14-/m0/s1. The first-order chi connectivity index (χ1) is 17.5. The van der Waals surface area contributed by atoms with Gasteiger partial charge in [-0.1, -0.05) is 18.0 Å². The Labute approximate surface area is 212 Å². The number of primary amides is 1. The highest BCUT2D eigenvalue weighted by Crippen LogP contribution is 2.27. The Hall–Kier alpha value is -3.72. The molecule has 200 valence electrons.